The molecule has 0 unspecified atom stereocenters. The molecule has 4 heteroatoms. The van der Waals surface area contributed by atoms with Crippen molar-refractivity contribution in [3.8, 4) is 0 Å². The van der Waals surface area contributed by atoms with Crippen LogP contribution in [0.15, 0.2) is 16.1 Å². The summed E-state index contributed by atoms with van der Waals surface area (Å²) in [5.41, 5.74) is 1.24. The van der Waals surface area contributed by atoms with E-state index in [1.807, 2.05) is 6.92 Å². The van der Waals surface area contributed by atoms with Crippen LogP contribution in [-0.4, -0.2) is 17.4 Å². The molecule has 0 aromatic heterocycles. The minimum atomic E-state index is -0.344. The molecule has 0 atom stereocenters. The molecule has 0 aromatic carbocycles. The first kappa shape index (κ1) is 8.33. The second kappa shape index (κ2) is 3.57. The molecular weight excluding hydrogens is 162 g/mol. The Morgan fingerprint density at radius 1 is 1.73 bits per heavy atom. The van der Waals surface area contributed by atoms with Gasteiger partial charge in [0, 0.05) is 0 Å². The van der Waals surface area contributed by atoms with Crippen LogP contribution < -0.4 is 0 Å². The summed E-state index contributed by atoms with van der Waals surface area (Å²) in [5, 5.41) is 5.32. The molecule has 0 amide bonds. The van der Waals surface area contributed by atoms with Gasteiger partial charge in [0.25, 0.3) is 0 Å². The highest BCUT2D eigenvalue weighted by Gasteiger charge is 2.21. The molecule has 1 aliphatic rings. The topological polar surface area (TPSA) is 38.7 Å². The molecular formula is C7H9NO2S. The summed E-state index contributed by atoms with van der Waals surface area (Å²) >= 11 is 1.57. The van der Waals surface area contributed by atoms with Gasteiger partial charge < -0.3 is 4.84 Å². The number of carbonyl (C=O) groups excluding carboxylic acids is 1. The van der Waals surface area contributed by atoms with Crippen LogP contribution in [0.25, 0.3) is 0 Å². The quantitative estimate of drug-likeness (QED) is 0.467. The second-order valence-electron chi connectivity index (χ2n) is 2.04. The molecule has 1 rings (SSSR count). The maximum atomic E-state index is 10.9. The van der Waals surface area contributed by atoms with Crippen molar-refractivity contribution in [1.29, 1.82) is 0 Å². The fourth-order valence-electron chi connectivity index (χ4n) is 0.656. The maximum absolute atomic E-state index is 10.9. The van der Waals surface area contributed by atoms with E-state index < -0.39 is 0 Å². The highest BCUT2D eigenvalue weighted by atomic mass is 32.2. The molecule has 1 heterocycles. The van der Waals surface area contributed by atoms with Crippen molar-refractivity contribution in [3.63, 3.8) is 0 Å². The highest BCUT2D eigenvalue weighted by Crippen LogP contribution is 2.15. The van der Waals surface area contributed by atoms with Gasteiger partial charge in [0.05, 0.1) is 11.3 Å². The Bertz CT molecular complexity index is 233. The smallest absolute Gasteiger partial charge is 0.312 e. The molecule has 0 saturated carbocycles. The van der Waals surface area contributed by atoms with Crippen molar-refractivity contribution in [2.24, 2.45) is 5.16 Å². The number of hydrogen-bond acceptors (Lipinski definition) is 4. The van der Waals surface area contributed by atoms with Crippen LogP contribution in [0.1, 0.15) is 13.8 Å². The third-order valence-corrected chi connectivity index (χ3v) is 1.98. The summed E-state index contributed by atoms with van der Waals surface area (Å²) in [6.07, 6.45) is 0. The van der Waals surface area contributed by atoms with Crippen LogP contribution >= 0.6 is 11.8 Å². The first-order valence-corrected chi connectivity index (χ1v) is 4.38. The van der Waals surface area contributed by atoms with Crippen molar-refractivity contribution < 1.29 is 9.63 Å². The van der Waals surface area contributed by atoms with Gasteiger partial charge in [-0.2, -0.15) is 0 Å². The van der Waals surface area contributed by atoms with Crippen LogP contribution in [0.2, 0.25) is 0 Å². The number of thioether (sulfide) groups is 1. The van der Waals surface area contributed by atoms with E-state index >= 15 is 0 Å². The zero-order valence-electron chi connectivity index (χ0n) is 6.46. The van der Waals surface area contributed by atoms with Crippen LogP contribution in [0.5, 0.6) is 0 Å². The molecule has 11 heavy (non-hydrogen) atoms. The largest absolute Gasteiger partial charge is 0.368 e. The lowest BCUT2D eigenvalue weighted by Crippen LogP contribution is -2.00. The predicted molar refractivity (Wildman–Crippen MR) is 45.4 cm³/mol. The normalized spacial score (nSPS) is 20.4. The molecule has 1 aliphatic heterocycles. The lowest BCUT2D eigenvalue weighted by atomic mass is 10.2. The zero-order chi connectivity index (χ0) is 8.27. The maximum Gasteiger partial charge on any atom is 0.368 e. The Kier molecular flexibility index (Phi) is 2.70. The molecule has 0 aromatic rings. The molecule has 0 spiro atoms. The van der Waals surface area contributed by atoms with E-state index in [4.69, 9.17) is 0 Å². The Labute approximate surface area is 69.5 Å². The van der Waals surface area contributed by atoms with Crippen molar-refractivity contribution in [1.82, 2.24) is 0 Å². The molecule has 0 N–H and O–H groups in total. The number of oxime groups is 1. The van der Waals surface area contributed by atoms with Crippen LogP contribution in [-0.2, 0) is 9.63 Å². The van der Waals surface area contributed by atoms with Crippen LogP contribution in [0, 0.1) is 0 Å². The zero-order valence-corrected chi connectivity index (χ0v) is 7.27. The number of rotatable bonds is 2. The van der Waals surface area contributed by atoms with E-state index in [-0.39, 0.29) is 5.97 Å². The third-order valence-electron chi connectivity index (χ3n) is 1.24. The Morgan fingerprint density at radius 2 is 2.45 bits per heavy atom. The number of hydrogen-bond donors (Lipinski definition) is 0. The molecule has 60 valence electrons. The Balaban J connectivity index is 2.69. The standard InChI is InChI=1S/C7H9NO2S/c1-3-11-4-6-5(2)8-10-7(6)9/h4H,3H2,1-2H3/b6-4+. The summed E-state index contributed by atoms with van der Waals surface area (Å²) in [4.78, 5) is 15.3. The number of carbonyl (C=O) groups is 1. The van der Waals surface area contributed by atoms with Gasteiger partial charge in [-0.25, -0.2) is 4.79 Å². The van der Waals surface area contributed by atoms with Gasteiger partial charge in [0.1, 0.15) is 0 Å². The monoisotopic (exact) mass is 171 g/mol. The Morgan fingerprint density at radius 3 is 2.91 bits per heavy atom. The molecule has 0 saturated heterocycles. The van der Waals surface area contributed by atoms with Crippen molar-refractivity contribution >= 4 is 23.4 Å². The van der Waals surface area contributed by atoms with E-state index in [1.54, 1.807) is 24.1 Å². The molecule has 3 nitrogen and oxygen atoms in total. The van der Waals surface area contributed by atoms with Gasteiger partial charge in [-0.1, -0.05) is 12.1 Å². The van der Waals surface area contributed by atoms with Gasteiger partial charge in [-0.3, -0.25) is 0 Å². The van der Waals surface area contributed by atoms with Crippen LogP contribution in [0.3, 0.4) is 0 Å². The minimum absolute atomic E-state index is 0.344. The molecule has 0 aliphatic carbocycles. The van der Waals surface area contributed by atoms with Crippen molar-refractivity contribution in [2.75, 3.05) is 5.75 Å². The van der Waals surface area contributed by atoms with E-state index in [1.165, 1.54) is 0 Å². The first-order valence-electron chi connectivity index (χ1n) is 3.33. The summed E-state index contributed by atoms with van der Waals surface area (Å²) in [6, 6.07) is 0. The lowest BCUT2D eigenvalue weighted by Gasteiger charge is -1.90. The summed E-state index contributed by atoms with van der Waals surface area (Å²) in [5.74, 6) is 0.604. The Hall–Kier alpha value is -0.770. The highest BCUT2D eigenvalue weighted by molar-refractivity contribution is 8.02. The van der Waals surface area contributed by atoms with E-state index in [2.05, 4.69) is 9.99 Å². The summed E-state index contributed by atoms with van der Waals surface area (Å²) < 4.78 is 0. The number of nitrogens with zero attached hydrogens (tertiary/aromatic N) is 1. The molecule has 0 bridgehead atoms. The van der Waals surface area contributed by atoms with Gasteiger partial charge in [-0.05, 0) is 18.1 Å². The second-order valence-corrected chi connectivity index (χ2v) is 3.19. The predicted octanol–water partition coefficient (Wildman–Crippen LogP) is 1.56. The molecule has 0 fully saturated rings. The fourth-order valence-corrected chi connectivity index (χ4v) is 1.26. The van der Waals surface area contributed by atoms with E-state index in [0.29, 0.717) is 11.3 Å². The first-order chi connectivity index (χ1) is 5.25. The summed E-state index contributed by atoms with van der Waals surface area (Å²) in [6.45, 7) is 3.78. The van der Waals surface area contributed by atoms with E-state index in [9.17, 15) is 4.79 Å². The fraction of sp³-hybridized carbons (Fsp3) is 0.429. The van der Waals surface area contributed by atoms with Crippen molar-refractivity contribution in [2.45, 2.75) is 13.8 Å². The van der Waals surface area contributed by atoms with Gasteiger partial charge in [-0.15, -0.1) is 11.8 Å². The third kappa shape index (κ3) is 1.83. The van der Waals surface area contributed by atoms with E-state index in [0.717, 1.165) is 5.75 Å². The van der Waals surface area contributed by atoms with Gasteiger partial charge in [0.2, 0.25) is 0 Å². The summed E-state index contributed by atoms with van der Waals surface area (Å²) in [7, 11) is 0. The average molecular weight is 171 g/mol. The lowest BCUT2D eigenvalue weighted by molar-refractivity contribution is -0.136. The SMILES string of the molecule is CCS/C=C1/C(=O)ON=C1C. The minimum Gasteiger partial charge on any atom is -0.312 e. The van der Waals surface area contributed by atoms with Gasteiger partial charge in [0.15, 0.2) is 0 Å². The van der Waals surface area contributed by atoms with Crippen LogP contribution in [0.4, 0.5) is 0 Å². The van der Waals surface area contributed by atoms with Crippen molar-refractivity contribution in [3.05, 3.63) is 11.0 Å². The average Bonchev–Trinajstić information content (AvgIpc) is 2.29. The molecule has 0 radical (unpaired) electrons. The van der Waals surface area contributed by atoms with Gasteiger partial charge >= 0.3 is 5.97 Å².